The monoisotopic (exact) mass is 199 g/mol. The van der Waals surface area contributed by atoms with Crippen molar-refractivity contribution in [2.75, 3.05) is 6.54 Å². The molecule has 1 aliphatic rings. The Hall–Kier alpha value is -1.75. The highest BCUT2D eigenvalue weighted by molar-refractivity contribution is 5.80. The van der Waals surface area contributed by atoms with E-state index < -0.39 is 0 Å². The molecule has 76 valence electrons. The predicted molar refractivity (Wildman–Crippen MR) is 58.8 cm³/mol. The van der Waals surface area contributed by atoms with Crippen LogP contribution in [0.2, 0.25) is 0 Å². The van der Waals surface area contributed by atoms with Gasteiger partial charge in [-0.1, -0.05) is 25.1 Å². The van der Waals surface area contributed by atoms with Gasteiger partial charge in [-0.2, -0.15) is 0 Å². The molecule has 1 aromatic carbocycles. The Kier molecular flexibility index (Phi) is 2.73. The van der Waals surface area contributed by atoms with Crippen LogP contribution in [-0.2, 0) is 4.79 Å². The minimum absolute atomic E-state index is 0.144. The Balaban J connectivity index is 2.10. The van der Waals surface area contributed by atoms with Crippen LogP contribution in [0.5, 0.6) is 0 Å². The number of hydrogen-bond donors (Lipinski definition) is 0. The molecular weight excluding hydrogens is 186 g/mol. The molecule has 1 atom stereocenters. The fourth-order valence-electron chi connectivity index (χ4n) is 1.65. The zero-order valence-corrected chi connectivity index (χ0v) is 8.73. The Morgan fingerprint density at radius 3 is 2.67 bits per heavy atom. The van der Waals surface area contributed by atoms with Crippen molar-refractivity contribution in [1.82, 2.24) is 4.90 Å². The van der Waals surface area contributed by atoms with Crippen LogP contribution in [0.1, 0.15) is 18.9 Å². The van der Waals surface area contributed by atoms with E-state index in [1.807, 2.05) is 30.3 Å². The van der Waals surface area contributed by atoms with Gasteiger partial charge in [0.2, 0.25) is 5.91 Å². The van der Waals surface area contributed by atoms with E-state index in [1.165, 1.54) is 0 Å². The van der Waals surface area contributed by atoms with Gasteiger partial charge in [-0.05, 0) is 24.0 Å². The van der Waals surface area contributed by atoms with Gasteiger partial charge in [-0.15, -0.1) is 0 Å². The van der Waals surface area contributed by atoms with Crippen molar-refractivity contribution in [2.45, 2.75) is 13.3 Å². The molecule has 15 heavy (non-hydrogen) atoms. The number of nitrogens with zero attached hydrogens (tertiary/aromatic N) is 1. The van der Waals surface area contributed by atoms with Gasteiger partial charge in [0.05, 0.1) is 0 Å². The Bertz CT molecular complexity index is 413. The maximum atomic E-state index is 11.4. The van der Waals surface area contributed by atoms with E-state index in [4.69, 9.17) is 0 Å². The highest BCUT2D eigenvalue weighted by Gasteiger charge is 2.24. The van der Waals surface area contributed by atoms with Gasteiger partial charge in [0.1, 0.15) is 0 Å². The van der Waals surface area contributed by atoms with E-state index in [0.29, 0.717) is 12.3 Å². The average molecular weight is 199 g/mol. The second kappa shape index (κ2) is 4.18. The Morgan fingerprint density at radius 1 is 1.33 bits per heavy atom. The van der Waals surface area contributed by atoms with Crippen LogP contribution >= 0.6 is 0 Å². The van der Waals surface area contributed by atoms with Crippen molar-refractivity contribution in [3.63, 3.8) is 0 Å². The van der Waals surface area contributed by atoms with Crippen LogP contribution in [0, 0.1) is 17.9 Å². The third-order valence-electron chi connectivity index (χ3n) is 2.43. The summed E-state index contributed by atoms with van der Waals surface area (Å²) < 4.78 is 0. The Morgan fingerprint density at radius 2 is 2.07 bits per heavy atom. The standard InChI is InChI=1S/C13H13NO/c1-11-9-13(15)14(10-11)8-7-12-5-3-2-4-6-12/h2-6,11H,9-10H2,1H3. The third-order valence-corrected chi connectivity index (χ3v) is 2.43. The molecular formula is C13H13NO. The largest absolute Gasteiger partial charge is 0.274 e. The molecule has 1 amide bonds. The summed E-state index contributed by atoms with van der Waals surface area (Å²) in [6.07, 6.45) is 0.628. The second-order valence-electron chi connectivity index (χ2n) is 3.92. The molecule has 1 saturated heterocycles. The highest BCUT2D eigenvalue weighted by atomic mass is 16.2. The van der Waals surface area contributed by atoms with E-state index in [2.05, 4.69) is 18.9 Å². The highest BCUT2D eigenvalue weighted by Crippen LogP contribution is 2.15. The number of benzene rings is 1. The van der Waals surface area contributed by atoms with Crippen LogP contribution in [0.25, 0.3) is 0 Å². The van der Waals surface area contributed by atoms with Crippen molar-refractivity contribution in [3.8, 4) is 12.0 Å². The van der Waals surface area contributed by atoms with Gasteiger partial charge in [0.15, 0.2) is 0 Å². The lowest BCUT2D eigenvalue weighted by atomic mass is 10.2. The van der Waals surface area contributed by atoms with Gasteiger partial charge in [0.25, 0.3) is 0 Å². The molecule has 0 N–H and O–H groups in total. The van der Waals surface area contributed by atoms with Crippen LogP contribution in [0.4, 0.5) is 0 Å². The van der Waals surface area contributed by atoms with E-state index in [-0.39, 0.29) is 5.91 Å². The van der Waals surface area contributed by atoms with E-state index in [1.54, 1.807) is 4.90 Å². The molecule has 2 rings (SSSR count). The summed E-state index contributed by atoms with van der Waals surface area (Å²) in [4.78, 5) is 13.1. The van der Waals surface area contributed by atoms with Crippen LogP contribution in [-0.4, -0.2) is 17.4 Å². The lowest BCUT2D eigenvalue weighted by Crippen LogP contribution is -2.18. The topological polar surface area (TPSA) is 20.3 Å². The van der Waals surface area contributed by atoms with Gasteiger partial charge >= 0.3 is 0 Å². The molecule has 2 nitrogen and oxygen atoms in total. The van der Waals surface area contributed by atoms with Gasteiger partial charge in [0, 0.05) is 24.6 Å². The summed E-state index contributed by atoms with van der Waals surface area (Å²) in [6.45, 7) is 2.83. The molecule has 1 aromatic rings. The normalized spacial score (nSPS) is 19.9. The van der Waals surface area contributed by atoms with Crippen molar-refractivity contribution in [3.05, 3.63) is 35.9 Å². The molecule has 0 spiro atoms. The average Bonchev–Trinajstić information content (AvgIpc) is 2.56. The van der Waals surface area contributed by atoms with Crippen LogP contribution in [0.15, 0.2) is 30.3 Å². The molecule has 1 fully saturated rings. The quantitative estimate of drug-likeness (QED) is 0.584. The first kappa shape index (κ1) is 9.79. The number of carbonyl (C=O) groups is 1. The minimum atomic E-state index is 0.144. The zero-order valence-electron chi connectivity index (χ0n) is 8.73. The maximum Gasteiger partial charge on any atom is 0.234 e. The number of amides is 1. The first-order valence-corrected chi connectivity index (χ1v) is 5.13. The fourth-order valence-corrected chi connectivity index (χ4v) is 1.65. The smallest absolute Gasteiger partial charge is 0.234 e. The summed E-state index contributed by atoms with van der Waals surface area (Å²) in [5.41, 5.74) is 0.949. The van der Waals surface area contributed by atoms with Crippen LogP contribution < -0.4 is 0 Å². The van der Waals surface area contributed by atoms with E-state index in [0.717, 1.165) is 12.1 Å². The molecule has 0 saturated carbocycles. The Labute approximate surface area is 89.9 Å². The zero-order chi connectivity index (χ0) is 10.7. The molecule has 0 radical (unpaired) electrons. The summed E-state index contributed by atoms with van der Waals surface area (Å²) in [5, 5.41) is 0. The van der Waals surface area contributed by atoms with E-state index >= 15 is 0 Å². The van der Waals surface area contributed by atoms with Gasteiger partial charge in [-0.25, -0.2) is 0 Å². The lowest BCUT2D eigenvalue weighted by Gasteiger charge is -2.04. The summed E-state index contributed by atoms with van der Waals surface area (Å²) in [7, 11) is 0. The summed E-state index contributed by atoms with van der Waals surface area (Å²) in [6, 6.07) is 12.6. The van der Waals surface area contributed by atoms with Crippen molar-refractivity contribution in [2.24, 2.45) is 5.92 Å². The first-order chi connectivity index (χ1) is 7.25. The number of rotatable bonds is 0. The van der Waals surface area contributed by atoms with Gasteiger partial charge < -0.3 is 0 Å². The molecule has 0 aromatic heterocycles. The summed E-state index contributed by atoms with van der Waals surface area (Å²) >= 11 is 0. The predicted octanol–water partition coefficient (Wildman–Crippen LogP) is 1.86. The van der Waals surface area contributed by atoms with Crippen molar-refractivity contribution < 1.29 is 4.79 Å². The maximum absolute atomic E-state index is 11.4. The second-order valence-corrected chi connectivity index (χ2v) is 3.92. The third kappa shape index (κ3) is 2.38. The molecule has 1 unspecified atom stereocenters. The molecule has 2 heteroatoms. The van der Waals surface area contributed by atoms with E-state index in [9.17, 15) is 4.79 Å². The molecule has 0 aliphatic carbocycles. The summed E-state index contributed by atoms with van der Waals surface area (Å²) in [5.74, 6) is 3.57. The minimum Gasteiger partial charge on any atom is -0.274 e. The van der Waals surface area contributed by atoms with Crippen molar-refractivity contribution >= 4 is 5.91 Å². The van der Waals surface area contributed by atoms with Crippen molar-refractivity contribution in [1.29, 1.82) is 0 Å². The van der Waals surface area contributed by atoms with Crippen LogP contribution in [0.3, 0.4) is 0 Å². The molecule has 0 bridgehead atoms. The first-order valence-electron chi connectivity index (χ1n) is 5.13. The number of likely N-dealkylation sites (tertiary alicyclic amines) is 1. The number of carbonyl (C=O) groups excluding carboxylic acids is 1. The molecule has 1 aliphatic heterocycles. The fraction of sp³-hybridized carbons (Fsp3) is 0.308. The molecule has 1 heterocycles. The van der Waals surface area contributed by atoms with Gasteiger partial charge in [-0.3, -0.25) is 9.69 Å². The SMILES string of the molecule is CC1CC(=O)N(C#Cc2ccccc2)C1. The lowest BCUT2D eigenvalue weighted by molar-refractivity contribution is -0.125. The number of hydrogen-bond acceptors (Lipinski definition) is 1.